The Morgan fingerprint density at radius 3 is 2.45 bits per heavy atom. The van der Waals surface area contributed by atoms with Crippen molar-refractivity contribution < 1.29 is 27.6 Å². The van der Waals surface area contributed by atoms with Crippen LogP contribution in [-0.4, -0.2) is 45.8 Å². The number of carbonyl (C=O) groups is 1. The average molecular weight is 332 g/mol. The van der Waals surface area contributed by atoms with Crippen molar-refractivity contribution in [2.45, 2.75) is 11.8 Å². The molecule has 9 nitrogen and oxygen atoms in total. The van der Waals surface area contributed by atoms with E-state index in [1.54, 1.807) is 0 Å². The first-order valence-electron chi connectivity index (χ1n) is 6.08. The van der Waals surface area contributed by atoms with E-state index >= 15 is 0 Å². The summed E-state index contributed by atoms with van der Waals surface area (Å²) in [5, 5.41) is 13.4. The molecule has 0 atom stereocenters. The Labute approximate surface area is 127 Å². The summed E-state index contributed by atoms with van der Waals surface area (Å²) in [6.07, 6.45) is 0.892. The van der Waals surface area contributed by atoms with Crippen LogP contribution in [0.2, 0.25) is 0 Å². The maximum Gasteiger partial charge on any atom is 0.312 e. The van der Waals surface area contributed by atoms with Crippen molar-refractivity contribution in [3.8, 4) is 5.75 Å². The molecule has 0 fully saturated rings. The Morgan fingerprint density at radius 1 is 1.36 bits per heavy atom. The second-order valence-corrected chi connectivity index (χ2v) is 6.35. The van der Waals surface area contributed by atoms with Gasteiger partial charge in [-0.25, -0.2) is 8.42 Å². The van der Waals surface area contributed by atoms with Crippen LogP contribution in [0.25, 0.3) is 0 Å². The van der Waals surface area contributed by atoms with Crippen molar-refractivity contribution in [3.05, 3.63) is 22.2 Å². The number of nitrogens with one attached hydrogen (secondary N) is 1. The van der Waals surface area contributed by atoms with E-state index in [0.29, 0.717) is 0 Å². The molecular weight excluding hydrogens is 316 g/mol. The highest BCUT2D eigenvalue weighted by Crippen LogP contribution is 2.35. The van der Waals surface area contributed by atoms with Gasteiger partial charge in [0.25, 0.3) is 0 Å². The molecule has 0 radical (unpaired) electrons. The number of benzene rings is 1. The van der Waals surface area contributed by atoms with E-state index in [1.807, 2.05) is 0 Å². The number of hydrogen-bond donors (Lipinski definition) is 1. The molecule has 1 amide bonds. The predicted molar refractivity (Wildman–Crippen MR) is 77.9 cm³/mol. The van der Waals surface area contributed by atoms with Crippen LogP contribution in [0.15, 0.2) is 17.0 Å². The minimum atomic E-state index is -3.78. The summed E-state index contributed by atoms with van der Waals surface area (Å²) < 4.78 is 33.5. The number of nitrogens with zero attached hydrogens (tertiary/aromatic N) is 1. The van der Waals surface area contributed by atoms with E-state index in [9.17, 15) is 23.3 Å². The largest absolute Gasteiger partial charge is 0.484 e. The Bertz CT molecular complexity index is 685. The van der Waals surface area contributed by atoms with Crippen LogP contribution < -0.4 is 10.1 Å². The Morgan fingerprint density at radius 2 is 2.00 bits per heavy atom. The number of methoxy groups -OCH3 is 1. The van der Waals surface area contributed by atoms with Gasteiger partial charge in [-0.1, -0.05) is 0 Å². The maximum atomic E-state index is 11.7. The summed E-state index contributed by atoms with van der Waals surface area (Å²) in [7, 11) is -2.34. The number of nitro groups is 1. The quantitative estimate of drug-likeness (QED) is 0.448. The summed E-state index contributed by atoms with van der Waals surface area (Å²) in [6.45, 7) is 1.43. The van der Waals surface area contributed by atoms with Crippen molar-refractivity contribution in [1.82, 2.24) is 0 Å². The van der Waals surface area contributed by atoms with Gasteiger partial charge in [0.15, 0.2) is 15.6 Å². The second kappa shape index (κ2) is 7.18. The van der Waals surface area contributed by atoms with E-state index in [0.717, 1.165) is 18.4 Å². The van der Waals surface area contributed by atoms with Crippen molar-refractivity contribution in [2.75, 3.05) is 31.9 Å². The molecule has 22 heavy (non-hydrogen) atoms. The van der Waals surface area contributed by atoms with Crippen LogP contribution >= 0.6 is 0 Å². The molecule has 1 aromatic rings. The molecule has 1 N–H and O–H groups in total. The number of carbonyl (C=O) groups excluding carboxylic acids is 1. The number of nitro benzene ring substituents is 1. The average Bonchev–Trinajstić information content (AvgIpc) is 2.36. The van der Waals surface area contributed by atoms with Crippen molar-refractivity contribution in [3.63, 3.8) is 0 Å². The van der Waals surface area contributed by atoms with Crippen LogP contribution in [0, 0.1) is 10.1 Å². The van der Waals surface area contributed by atoms with E-state index in [4.69, 9.17) is 9.47 Å². The molecule has 0 unspecified atom stereocenters. The van der Waals surface area contributed by atoms with Gasteiger partial charge in [0, 0.05) is 32.4 Å². The molecule has 0 aliphatic heterocycles. The van der Waals surface area contributed by atoms with Gasteiger partial charge in [-0.15, -0.1) is 0 Å². The lowest BCUT2D eigenvalue weighted by Crippen LogP contribution is -2.12. The predicted octanol–water partition coefficient (Wildman–Crippen LogP) is 0.982. The molecule has 0 bridgehead atoms. The Kier molecular flexibility index (Phi) is 5.83. The Hall–Kier alpha value is -2.20. The number of amides is 1. The molecule has 1 aromatic carbocycles. The summed E-state index contributed by atoms with van der Waals surface area (Å²) in [6, 6.07) is 1.98. The van der Waals surface area contributed by atoms with Crippen LogP contribution in [0.5, 0.6) is 5.75 Å². The third kappa shape index (κ3) is 4.67. The third-order valence-electron chi connectivity index (χ3n) is 2.51. The fourth-order valence-electron chi connectivity index (χ4n) is 1.64. The number of rotatable bonds is 7. The molecule has 0 aromatic heterocycles. The smallest absolute Gasteiger partial charge is 0.312 e. The molecule has 0 saturated carbocycles. The minimum Gasteiger partial charge on any atom is -0.484 e. The normalized spacial score (nSPS) is 11.0. The molecule has 1 rings (SSSR count). The van der Waals surface area contributed by atoms with Crippen LogP contribution in [0.4, 0.5) is 11.4 Å². The fraction of sp³-hybridized carbons (Fsp3) is 0.417. The molecule has 0 saturated heterocycles. The summed E-state index contributed by atoms with van der Waals surface area (Å²) in [5.41, 5.74) is -0.585. The molecule has 0 aliphatic carbocycles. The van der Waals surface area contributed by atoms with E-state index in [2.05, 4.69) is 5.32 Å². The minimum absolute atomic E-state index is 0.0368. The van der Waals surface area contributed by atoms with Crippen molar-refractivity contribution >= 4 is 27.1 Å². The van der Waals surface area contributed by atoms with Gasteiger partial charge in [0.2, 0.25) is 5.91 Å². The summed E-state index contributed by atoms with van der Waals surface area (Å²) in [4.78, 5) is 21.2. The Balaban J connectivity index is 3.43. The van der Waals surface area contributed by atoms with Crippen LogP contribution in [0.1, 0.15) is 6.92 Å². The molecule has 0 spiro atoms. The summed E-state index contributed by atoms with van der Waals surface area (Å²) in [5.74, 6) is -0.667. The topological polar surface area (TPSA) is 125 Å². The molecule has 0 aliphatic rings. The lowest BCUT2D eigenvalue weighted by atomic mass is 10.2. The lowest BCUT2D eigenvalue weighted by Gasteiger charge is -2.12. The zero-order chi connectivity index (χ0) is 16.9. The zero-order valence-electron chi connectivity index (χ0n) is 12.3. The van der Waals surface area contributed by atoms with E-state index in [-0.39, 0.29) is 29.5 Å². The van der Waals surface area contributed by atoms with Crippen molar-refractivity contribution in [2.24, 2.45) is 0 Å². The van der Waals surface area contributed by atoms with Gasteiger partial charge in [-0.2, -0.15) is 0 Å². The fourth-order valence-corrected chi connectivity index (χ4v) is 2.47. The van der Waals surface area contributed by atoms with Gasteiger partial charge in [0.1, 0.15) is 6.61 Å². The number of anilines is 1. The highest BCUT2D eigenvalue weighted by atomic mass is 32.2. The second-order valence-electron chi connectivity index (χ2n) is 4.37. The molecular formula is C12H16N2O7S. The van der Waals surface area contributed by atoms with Gasteiger partial charge in [-0.3, -0.25) is 14.9 Å². The number of ether oxygens (including phenoxy) is 2. The number of sulfone groups is 1. The lowest BCUT2D eigenvalue weighted by molar-refractivity contribution is -0.386. The van der Waals surface area contributed by atoms with E-state index in [1.165, 1.54) is 14.0 Å². The SMILES string of the molecule is COCCOc1cc(NC(C)=O)c(S(C)(=O)=O)cc1[N+](=O)[O-]. The van der Waals surface area contributed by atoms with Gasteiger partial charge in [0.05, 0.1) is 22.1 Å². The van der Waals surface area contributed by atoms with Crippen LogP contribution in [0.3, 0.4) is 0 Å². The first-order valence-corrected chi connectivity index (χ1v) is 7.97. The maximum absolute atomic E-state index is 11.7. The zero-order valence-corrected chi connectivity index (χ0v) is 13.1. The first-order chi connectivity index (χ1) is 10.2. The van der Waals surface area contributed by atoms with Crippen molar-refractivity contribution in [1.29, 1.82) is 0 Å². The van der Waals surface area contributed by atoms with Gasteiger partial charge >= 0.3 is 5.69 Å². The summed E-state index contributed by atoms with van der Waals surface area (Å²) >= 11 is 0. The van der Waals surface area contributed by atoms with Gasteiger partial charge < -0.3 is 14.8 Å². The molecule has 10 heteroatoms. The highest BCUT2D eigenvalue weighted by Gasteiger charge is 2.24. The van der Waals surface area contributed by atoms with E-state index < -0.39 is 26.4 Å². The highest BCUT2D eigenvalue weighted by molar-refractivity contribution is 7.90. The first kappa shape index (κ1) is 17.9. The molecule has 0 heterocycles. The standard InChI is InChI=1S/C12H16N2O7S/c1-8(15)13-9-6-11(21-5-4-20-2)10(14(16)17)7-12(9)22(3,18)19/h6-7H,4-5H2,1-3H3,(H,13,15). The monoisotopic (exact) mass is 332 g/mol. The number of hydrogen-bond acceptors (Lipinski definition) is 7. The third-order valence-corrected chi connectivity index (χ3v) is 3.65. The van der Waals surface area contributed by atoms with Crippen LogP contribution in [-0.2, 0) is 19.4 Å². The van der Waals surface area contributed by atoms with Gasteiger partial charge in [-0.05, 0) is 0 Å². The molecule has 122 valence electrons.